The number of carbonyl (C=O) groups excluding carboxylic acids is 2. The molecule has 3 amide bonds. The maximum Gasteiger partial charge on any atom is 0.319 e. The highest BCUT2D eigenvalue weighted by molar-refractivity contribution is 5.98. The van der Waals surface area contributed by atoms with Gasteiger partial charge < -0.3 is 20.7 Å². The summed E-state index contributed by atoms with van der Waals surface area (Å²) in [7, 11) is 1.46. The molecule has 3 N–H and O–H groups in total. The van der Waals surface area contributed by atoms with Crippen LogP contribution in [0.15, 0.2) is 54.7 Å². The van der Waals surface area contributed by atoms with Crippen LogP contribution < -0.4 is 20.7 Å². The summed E-state index contributed by atoms with van der Waals surface area (Å²) in [5, 5.41) is 7.62. The van der Waals surface area contributed by atoms with Gasteiger partial charge in [0.15, 0.2) is 0 Å². The van der Waals surface area contributed by atoms with Crippen molar-refractivity contribution in [2.45, 2.75) is 6.04 Å². The van der Waals surface area contributed by atoms with Gasteiger partial charge in [0.1, 0.15) is 23.3 Å². The molecule has 1 fully saturated rings. The quantitative estimate of drug-likeness (QED) is 0.771. The average molecular weight is 373 g/mol. The Bertz CT molecular complexity index is 917. The molecule has 1 aliphatic heterocycles. The van der Waals surface area contributed by atoms with E-state index in [1.165, 1.54) is 13.2 Å². The zero-order chi connectivity index (χ0) is 19.6. The molecular formula is C19H17F2N3O3. The van der Waals surface area contributed by atoms with E-state index in [1.807, 2.05) is 0 Å². The number of rotatable bonds is 4. The van der Waals surface area contributed by atoms with Crippen LogP contribution in [0.25, 0.3) is 0 Å². The summed E-state index contributed by atoms with van der Waals surface area (Å²) in [5.74, 6) is -2.76. The lowest BCUT2D eigenvalue weighted by atomic mass is 9.88. The molecule has 1 heterocycles. The number of methoxy groups -OCH3 is 1. The molecule has 1 aliphatic rings. The Morgan fingerprint density at radius 1 is 1.22 bits per heavy atom. The molecule has 0 unspecified atom stereocenters. The smallest absolute Gasteiger partial charge is 0.319 e. The second-order valence-corrected chi connectivity index (χ2v) is 5.93. The van der Waals surface area contributed by atoms with Crippen molar-refractivity contribution < 1.29 is 23.1 Å². The lowest BCUT2D eigenvalue weighted by Crippen LogP contribution is -2.52. The van der Waals surface area contributed by atoms with Gasteiger partial charge in [-0.05, 0) is 18.2 Å². The molecule has 2 atom stereocenters. The summed E-state index contributed by atoms with van der Waals surface area (Å²) in [6.45, 7) is 3.71. The predicted molar refractivity (Wildman–Crippen MR) is 95.0 cm³/mol. The zero-order valence-electron chi connectivity index (χ0n) is 14.4. The number of anilines is 1. The Kier molecular flexibility index (Phi) is 5.07. The fourth-order valence-corrected chi connectivity index (χ4v) is 2.96. The van der Waals surface area contributed by atoms with Crippen molar-refractivity contribution in [2.75, 3.05) is 12.4 Å². The Morgan fingerprint density at radius 3 is 2.67 bits per heavy atom. The van der Waals surface area contributed by atoms with Crippen molar-refractivity contribution in [3.63, 3.8) is 0 Å². The minimum atomic E-state index is -1.05. The Morgan fingerprint density at radius 2 is 1.96 bits per heavy atom. The van der Waals surface area contributed by atoms with Crippen LogP contribution in [0.1, 0.15) is 11.6 Å². The normalized spacial score (nSPS) is 19.1. The molecule has 0 aliphatic carbocycles. The van der Waals surface area contributed by atoms with Crippen LogP contribution in [-0.2, 0) is 4.79 Å². The second-order valence-electron chi connectivity index (χ2n) is 5.93. The number of benzene rings is 2. The molecular weight excluding hydrogens is 356 g/mol. The van der Waals surface area contributed by atoms with Gasteiger partial charge >= 0.3 is 6.03 Å². The van der Waals surface area contributed by atoms with Gasteiger partial charge in [0.25, 0.3) is 0 Å². The van der Waals surface area contributed by atoms with E-state index in [9.17, 15) is 18.4 Å². The fourth-order valence-electron chi connectivity index (χ4n) is 2.96. The third-order valence-electron chi connectivity index (χ3n) is 4.21. The highest BCUT2D eigenvalue weighted by atomic mass is 19.1. The van der Waals surface area contributed by atoms with Crippen LogP contribution in [0.3, 0.4) is 0 Å². The standard InChI is InChI=1S/C19H17F2N3O3/c1-10-16(18(25)23-14-5-3-4-6-15(14)27-2)17(24-19(26)22-10)12-8-7-11(20)9-13(12)21/h3-9,16-17H,1H2,2H3,(H,23,25)(H2,22,24,26)/t16-,17-/m1/s1. The van der Waals surface area contributed by atoms with Crippen LogP contribution in [-0.4, -0.2) is 19.0 Å². The largest absolute Gasteiger partial charge is 0.495 e. The van der Waals surface area contributed by atoms with Gasteiger partial charge in [-0.3, -0.25) is 4.79 Å². The molecule has 2 aromatic rings. The fraction of sp³-hybridized carbons (Fsp3) is 0.158. The first-order chi connectivity index (χ1) is 12.9. The van der Waals surface area contributed by atoms with Gasteiger partial charge in [0, 0.05) is 17.3 Å². The van der Waals surface area contributed by atoms with E-state index < -0.39 is 35.5 Å². The molecule has 2 aromatic carbocycles. The maximum absolute atomic E-state index is 14.3. The van der Waals surface area contributed by atoms with Gasteiger partial charge in [0.2, 0.25) is 5.91 Å². The summed E-state index contributed by atoms with van der Waals surface area (Å²) in [4.78, 5) is 24.7. The maximum atomic E-state index is 14.3. The molecule has 140 valence electrons. The van der Waals surface area contributed by atoms with Crippen molar-refractivity contribution in [3.8, 4) is 5.75 Å². The molecule has 8 heteroatoms. The summed E-state index contributed by atoms with van der Waals surface area (Å²) >= 11 is 0. The number of para-hydroxylation sites is 2. The molecule has 0 radical (unpaired) electrons. The molecule has 6 nitrogen and oxygen atoms in total. The average Bonchev–Trinajstić information content (AvgIpc) is 2.61. The van der Waals surface area contributed by atoms with E-state index >= 15 is 0 Å². The Hall–Kier alpha value is -3.42. The highest BCUT2D eigenvalue weighted by Crippen LogP contribution is 2.33. The van der Waals surface area contributed by atoms with Crippen LogP contribution >= 0.6 is 0 Å². The van der Waals surface area contributed by atoms with Crippen molar-refractivity contribution in [2.24, 2.45) is 5.92 Å². The van der Waals surface area contributed by atoms with E-state index in [4.69, 9.17) is 4.74 Å². The van der Waals surface area contributed by atoms with Gasteiger partial charge in [0.05, 0.1) is 18.8 Å². The molecule has 0 aromatic heterocycles. The number of hydrogen-bond acceptors (Lipinski definition) is 3. The summed E-state index contributed by atoms with van der Waals surface area (Å²) < 4.78 is 32.7. The first kappa shape index (κ1) is 18.4. The highest BCUT2D eigenvalue weighted by Gasteiger charge is 2.39. The topological polar surface area (TPSA) is 79.5 Å². The zero-order valence-corrected chi connectivity index (χ0v) is 14.4. The van der Waals surface area contributed by atoms with Crippen LogP contribution in [0.5, 0.6) is 5.75 Å². The van der Waals surface area contributed by atoms with Gasteiger partial charge in [-0.25, -0.2) is 13.6 Å². The molecule has 1 saturated heterocycles. The summed E-state index contributed by atoms with van der Waals surface area (Å²) in [6.07, 6.45) is 0. The third kappa shape index (κ3) is 3.74. The minimum absolute atomic E-state index is 0.0208. The van der Waals surface area contributed by atoms with E-state index in [0.717, 1.165) is 6.07 Å². The van der Waals surface area contributed by atoms with Crippen LogP contribution in [0.2, 0.25) is 0 Å². The van der Waals surface area contributed by atoms with Crippen molar-refractivity contribution in [1.82, 2.24) is 10.6 Å². The summed E-state index contributed by atoms with van der Waals surface area (Å²) in [6, 6.07) is 8.03. The number of urea groups is 1. The minimum Gasteiger partial charge on any atom is -0.495 e. The first-order valence-electron chi connectivity index (χ1n) is 8.06. The number of halogens is 2. The summed E-state index contributed by atoms with van der Waals surface area (Å²) in [5.41, 5.74) is 0.487. The number of ether oxygens (including phenoxy) is 1. The van der Waals surface area contributed by atoms with E-state index in [1.54, 1.807) is 24.3 Å². The lowest BCUT2D eigenvalue weighted by molar-refractivity contribution is -0.119. The third-order valence-corrected chi connectivity index (χ3v) is 4.21. The molecule has 0 bridgehead atoms. The van der Waals surface area contributed by atoms with E-state index in [-0.39, 0.29) is 11.3 Å². The number of hydrogen-bond donors (Lipinski definition) is 3. The monoisotopic (exact) mass is 373 g/mol. The van der Waals surface area contributed by atoms with Crippen LogP contribution in [0, 0.1) is 17.6 Å². The Labute approximate surface area is 154 Å². The first-order valence-corrected chi connectivity index (χ1v) is 8.06. The molecule has 0 saturated carbocycles. The number of carbonyl (C=O) groups is 2. The van der Waals surface area contributed by atoms with Crippen LogP contribution in [0.4, 0.5) is 19.3 Å². The SMILES string of the molecule is C=C1NC(=O)N[C@H](c2ccc(F)cc2F)[C@@H]1C(=O)Nc1ccccc1OC. The number of nitrogens with one attached hydrogen (secondary N) is 3. The van der Waals surface area contributed by atoms with Crippen molar-refractivity contribution >= 4 is 17.6 Å². The van der Waals surface area contributed by atoms with Crippen molar-refractivity contribution in [3.05, 3.63) is 71.9 Å². The molecule has 27 heavy (non-hydrogen) atoms. The second kappa shape index (κ2) is 7.45. The molecule has 0 spiro atoms. The Balaban J connectivity index is 1.95. The molecule has 3 rings (SSSR count). The van der Waals surface area contributed by atoms with Gasteiger partial charge in [-0.15, -0.1) is 0 Å². The van der Waals surface area contributed by atoms with E-state index in [0.29, 0.717) is 17.5 Å². The number of amides is 3. The van der Waals surface area contributed by atoms with Gasteiger partial charge in [-0.2, -0.15) is 0 Å². The lowest BCUT2D eigenvalue weighted by Gasteiger charge is -2.34. The van der Waals surface area contributed by atoms with E-state index in [2.05, 4.69) is 22.5 Å². The van der Waals surface area contributed by atoms with Crippen molar-refractivity contribution in [1.29, 1.82) is 0 Å². The van der Waals surface area contributed by atoms with Gasteiger partial charge in [-0.1, -0.05) is 24.8 Å². The predicted octanol–water partition coefficient (Wildman–Crippen LogP) is 3.10.